The Kier molecular flexibility index (Phi) is 20.0. The van der Waals surface area contributed by atoms with Crippen molar-refractivity contribution >= 4 is 0 Å². The molecular formula is C22H38O8. The highest BCUT2D eigenvalue weighted by molar-refractivity contribution is 5.20. The van der Waals surface area contributed by atoms with Crippen molar-refractivity contribution in [3.63, 3.8) is 0 Å². The summed E-state index contributed by atoms with van der Waals surface area (Å²) < 4.78 is 43.2. The van der Waals surface area contributed by atoms with E-state index in [1.807, 2.05) is 37.3 Å². The zero-order chi connectivity index (χ0) is 21.4. The van der Waals surface area contributed by atoms with Crippen LogP contribution in [-0.4, -0.2) is 99.1 Å². The predicted octanol–water partition coefficient (Wildman–Crippen LogP) is 2.20. The van der Waals surface area contributed by atoms with Crippen molar-refractivity contribution in [1.29, 1.82) is 0 Å². The largest absolute Gasteiger partial charge is 0.491 e. The molecule has 0 radical (unpaired) electrons. The molecule has 0 heterocycles. The summed E-state index contributed by atoms with van der Waals surface area (Å²) in [6.45, 7) is 10.4. The van der Waals surface area contributed by atoms with Crippen LogP contribution in [-0.2, 0) is 33.2 Å². The van der Waals surface area contributed by atoms with Crippen LogP contribution in [0.5, 0.6) is 5.75 Å². The van der Waals surface area contributed by atoms with Crippen molar-refractivity contribution in [1.82, 2.24) is 0 Å². The van der Waals surface area contributed by atoms with Crippen LogP contribution >= 0.6 is 0 Å². The van der Waals surface area contributed by atoms with E-state index >= 15 is 0 Å². The van der Waals surface area contributed by atoms with Gasteiger partial charge in [-0.1, -0.05) is 18.2 Å². The molecule has 0 saturated carbocycles. The Hall–Kier alpha value is -1.26. The molecule has 1 aromatic carbocycles. The molecule has 0 saturated heterocycles. The molecule has 0 N–H and O–H groups in total. The minimum atomic E-state index is 0.528. The molecular weight excluding hydrogens is 392 g/mol. The van der Waals surface area contributed by atoms with E-state index in [0.717, 1.165) is 12.4 Å². The van der Waals surface area contributed by atoms with Crippen LogP contribution in [0.15, 0.2) is 30.3 Å². The van der Waals surface area contributed by atoms with E-state index in [2.05, 4.69) is 0 Å². The van der Waals surface area contributed by atoms with Crippen LogP contribution in [0.25, 0.3) is 0 Å². The van der Waals surface area contributed by atoms with Crippen LogP contribution < -0.4 is 4.74 Å². The summed E-state index contributed by atoms with van der Waals surface area (Å²) in [6, 6.07) is 9.68. The third-order valence-electron chi connectivity index (χ3n) is 3.68. The molecule has 0 spiro atoms. The lowest BCUT2D eigenvalue weighted by Gasteiger charge is -2.09. The van der Waals surface area contributed by atoms with Gasteiger partial charge in [-0.2, -0.15) is 0 Å². The minimum absolute atomic E-state index is 0.528. The number of para-hydroxylation sites is 1. The van der Waals surface area contributed by atoms with Crippen LogP contribution in [0.4, 0.5) is 0 Å². The molecule has 0 unspecified atom stereocenters. The van der Waals surface area contributed by atoms with Gasteiger partial charge in [0.2, 0.25) is 0 Å². The first-order valence-electron chi connectivity index (χ1n) is 10.7. The molecule has 0 atom stereocenters. The summed E-state index contributed by atoms with van der Waals surface area (Å²) in [4.78, 5) is 0. The summed E-state index contributed by atoms with van der Waals surface area (Å²) in [5.41, 5.74) is 0. The first-order valence-corrected chi connectivity index (χ1v) is 10.7. The number of benzene rings is 1. The number of hydrogen-bond donors (Lipinski definition) is 0. The number of ether oxygens (including phenoxy) is 8. The highest BCUT2D eigenvalue weighted by Gasteiger charge is 1.95. The van der Waals surface area contributed by atoms with Crippen molar-refractivity contribution in [2.75, 3.05) is 99.1 Å². The third kappa shape index (κ3) is 18.7. The van der Waals surface area contributed by atoms with Crippen molar-refractivity contribution < 1.29 is 37.9 Å². The molecule has 174 valence electrons. The normalized spacial score (nSPS) is 11.1. The molecule has 0 fully saturated rings. The molecule has 1 aromatic rings. The van der Waals surface area contributed by atoms with Gasteiger partial charge in [0.05, 0.1) is 85.9 Å². The second kappa shape index (κ2) is 22.4. The van der Waals surface area contributed by atoms with Crippen LogP contribution in [0, 0.1) is 0 Å². The molecule has 0 amide bonds. The van der Waals surface area contributed by atoms with E-state index < -0.39 is 0 Å². The Morgan fingerprint density at radius 3 is 1.13 bits per heavy atom. The summed E-state index contributed by atoms with van der Waals surface area (Å²) in [5, 5.41) is 0. The summed E-state index contributed by atoms with van der Waals surface area (Å²) in [5.74, 6) is 0.852. The lowest BCUT2D eigenvalue weighted by atomic mass is 10.3. The SMILES string of the molecule is CCOCCOCCOCCOCCOCCOCCOCCOc1ccccc1. The van der Waals surface area contributed by atoms with Gasteiger partial charge in [-0.3, -0.25) is 0 Å². The fourth-order valence-electron chi connectivity index (χ4n) is 2.20. The highest BCUT2D eigenvalue weighted by Crippen LogP contribution is 2.07. The average molecular weight is 431 g/mol. The molecule has 1 rings (SSSR count). The van der Waals surface area contributed by atoms with E-state index in [0.29, 0.717) is 92.5 Å². The van der Waals surface area contributed by atoms with Gasteiger partial charge in [0.25, 0.3) is 0 Å². The highest BCUT2D eigenvalue weighted by atomic mass is 16.6. The molecule has 0 aliphatic rings. The van der Waals surface area contributed by atoms with E-state index in [-0.39, 0.29) is 0 Å². The standard InChI is InChI=1S/C22H38O8/c1-2-23-8-9-24-10-11-25-12-13-26-14-15-27-16-17-28-18-19-29-20-21-30-22-6-4-3-5-7-22/h3-7H,2,8-21H2,1H3. The monoisotopic (exact) mass is 430 g/mol. The lowest BCUT2D eigenvalue weighted by molar-refractivity contribution is -0.0208. The Balaban J connectivity index is 1.65. The maximum atomic E-state index is 5.53. The average Bonchev–Trinajstić information content (AvgIpc) is 2.78. The van der Waals surface area contributed by atoms with Crippen LogP contribution in [0.2, 0.25) is 0 Å². The lowest BCUT2D eigenvalue weighted by Crippen LogP contribution is -2.15. The second-order valence-corrected chi connectivity index (χ2v) is 6.03. The molecule has 8 nitrogen and oxygen atoms in total. The van der Waals surface area contributed by atoms with Gasteiger partial charge in [0.15, 0.2) is 0 Å². The quantitative estimate of drug-likeness (QED) is 0.245. The maximum Gasteiger partial charge on any atom is 0.119 e. The Labute approximate surface area is 180 Å². The maximum absolute atomic E-state index is 5.53. The van der Waals surface area contributed by atoms with Crippen molar-refractivity contribution in [3.8, 4) is 5.75 Å². The predicted molar refractivity (Wildman–Crippen MR) is 113 cm³/mol. The third-order valence-corrected chi connectivity index (χ3v) is 3.68. The molecule has 0 aromatic heterocycles. The van der Waals surface area contributed by atoms with E-state index in [1.54, 1.807) is 0 Å². The Bertz CT molecular complexity index is 446. The van der Waals surface area contributed by atoms with Gasteiger partial charge in [-0.05, 0) is 19.1 Å². The zero-order valence-electron chi connectivity index (χ0n) is 18.3. The second-order valence-electron chi connectivity index (χ2n) is 6.03. The van der Waals surface area contributed by atoms with Gasteiger partial charge < -0.3 is 37.9 Å². The summed E-state index contributed by atoms with van der Waals surface area (Å²) >= 11 is 0. The molecule has 30 heavy (non-hydrogen) atoms. The van der Waals surface area contributed by atoms with Crippen molar-refractivity contribution in [3.05, 3.63) is 30.3 Å². The Morgan fingerprint density at radius 1 is 0.433 bits per heavy atom. The number of hydrogen-bond acceptors (Lipinski definition) is 8. The van der Waals surface area contributed by atoms with E-state index in [1.165, 1.54) is 0 Å². The molecule has 0 bridgehead atoms. The fraction of sp³-hybridized carbons (Fsp3) is 0.727. The topological polar surface area (TPSA) is 73.8 Å². The molecule has 8 heteroatoms. The van der Waals surface area contributed by atoms with E-state index in [4.69, 9.17) is 37.9 Å². The van der Waals surface area contributed by atoms with Gasteiger partial charge >= 0.3 is 0 Å². The van der Waals surface area contributed by atoms with Gasteiger partial charge in [-0.25, -0.2) is 0 Å². The molecule has 0 aliphatic heterocycles. The van der Waals surface area contributed by atoms with Crippen molar-refractivity contribution in [2.45, 2.75) is 6.92 Å². The molecule has 0 aliphatic carbocycles. The van der Waals surface area contributed by atoms with Gasteiger partial charge in [0, 0.05) is 6.61 Å². The van der Waals surface area contributed by atoms with Crippen molar-refractivity contribution in [2.24, 2.45) is 0 Å². The summed E-state index contributed by atoms with van der Waals surface area (Å²) in [6.07, 6.45) is 0. The Morgan fingerprint density at radius 2 is 0.767 bits per heavy atom. The number of rotatable bonds is 23. The van der Waals surface area contributed by atoms with Crippen LogP contribution in [0.1, 0.15) is 6.92 Å². The van der Waals surface area contributed by atoms with Gasteiger partial charge in [-0.15, -0.1) is 0 Å². The minimum Gasteiger partial charge on any atom is -0.491 e. The first kappa shape index (κ1) is 26.8. The van der Waals surface area contributed by atoms with Gasteiger partial charge in [0.1, 0.15) is 12.4 Å². The van der Waals surface area contributed by atoms with Crippen LogP contribution in [0.3, 0.4) is 0 Å². The first-order chi connectivity index (χ1) is 14.9. The fourth-order valence-corrected chi connectivity index (χ4v) is 2.20. The van der Waals surface area contributed by atoms with E-state index in [9.17, 15) is 0 Å². The summed E-state index contributed by atoms with van der Waals surface area (Å²) in [7, 11) is 0. The smallest absolute Gasteiger partial charge is 0.119 e. The zero-order valence-corrected chi connectivity index (χ0v) is 18.3.